The van der Waals surface area contributed by atoms with Crippen molar-refractivity contribution in [1.29, 1.82) is 0 Å². The second-order valence-electron chi connectivity index (χ2n) is 3.43. The van der Waals surface area contributed by atoms with Crippen LogP contribution in [-0.4, -0.2) is 16.2 Å². The lowest BCUT2D eigenvalue weighted by Gasteiger charge is -2.04. The van der Waals surface area contributed by atoms with Crippen molar-refractivity contribution in [1.82, 2.24) is 5.16 Å². The van der Waals surface area contributed by atoms with Gasteiger partial charge in [-0.05, 0) is 18.6 Å². The van der Waals surface area contributed by atoms with Gasteiger partial charge in [-0.15, -0.1) is 0 Å². The highest BCUT2D eigenvalue weighted by Gasteiger charge is 2.18. The molecule has 2 rings (SSSR count). The minimum atomic E-state index is -1.27. The van der Waals surface area contributed by atoms with Crippen molar-refractivity contribution in [2.45, 2.75) is 6.92 Å². The van der Waals surface area contributed by atoms with Gasteiger partial charge in [0.25, 0.3) is 0 Å². The van der Waals surface area contributed by atoms with E-state index in [2.05, 4.69) is 9.68 Å². The maximum absolute atomic E-state index is 13.8. The third kappa shape index (κ3) is 2.01. The molecule has 0 aliphatic carbocycles. The molecule has 0 atom stereocenters. The standard InChI is InChI=1S/C11H7ClFNO3/c1-5-2-3-6(12)9(10(5)13)7-4-8(11(15)16)17-14-7/h2-4H,1H3,(H,15,16). The maximum Gasteiger partial charge on any atom is 0.374 e. The van der Waals surface area contributed by atoms with Crippen LogP contribution in [0, 0.1) is 12.7 Å². The van der Waals surface area contributed by atoms with E-state index in [-0.39, 0.29) is 22.0 Å². The molecule has 88 valence electrons. The quantitative estimate of drug-likeness (QED) is 0.895. The fraction of sp³-hybridized carbons (Fsp3) is 0.0909. The second kappa shape index (κ2) is 4.18. The van der Waals surface area contributed by atoms with Crippen molar-refractivity contribution in [3.05, 3.63) is 40.4 Å². The van der Waals surface area contributed by atoms with E-state index in [9.17, 15) is 9.18 Å². The predicted molar refractivity (Wildman–Crippen MR) is 58.6 cm³/mol. The van der Waals surface area contributed by atoms with Crippen molar-refractivity contribution in [2.24, 2.45) is 0 Å². The van der Waals surface area contributed by atoms with Crippen molar-refractivity contribution in [3.63, 3.8) is 0 Å². The number of halogens is 2. The van der Waals surface area contributed by atoms with Gasteiger partial charge >= 0.3 is 5.97 Å². The summed E-state index contributed by atoms with van der Waals surface area (Å²) in [5.41, 5.74) is 0.501. The minimum absolute atomic E-state index is 0.0444. The van der Waals surface area contributed by atoms with Crippen molar-refractivity contribution in [2.75, 3.05) is 0 Å². The topological polar surface area (TPSA) is 63.3 Å². The first-order chi connectivity index (χ1) is 8.00. The van der Waals surface area contributed by atoms with Crippen molar-refractivity contribution < 1.29 is 18.8 Å². The summed E-state index contributed by atoms with van der Waals surface area (Å²) in [6.07, 6.45) is 0. The molecule has 2 aromatic rings. The normalized spacial score (nSPS) is 10.5. The number of aryl methyl sites for hydroxylation is 1. The van der Waals surface area contributed by atoms with Gasteiger partial charge in [0.15, 0.2) is 0 Å². The summed E-state index contributed by atoms with van der Waals surface area (Å²) >= 11 is 5.86. The van der Waals surface area contributed by atoms with Crippen LogP contribution in [0.3, 0.4) is 0 Å². The number of hydrogen-bond acceptors (Lipinski definition) is 3. The lowest BCUT2D eigenvalue weighted by Crippen LogP contribution is -1.92. The highest BCUT2D eigenvalue weighted by Crippen LogP contribution is 2.31. The molecule has 0 bridgehead atoms. The van der Waals surface area contributed by atoms with Crippen molar-refractivity contribution in [3.8, 4) is 11.3 Å². The number of aromatic carboxylic acids is 1. The third-order valence-electron chi connectivity index (χ3n) is 2.26. The molecule has 0 fully saturated rings. The van der Waals surface area contributed by atoms with E-state index in [1.54, 1.807) is 6.92 Å². The average molecular weight is 256 g/mol. The Kier molecular flexibility index (Phi) is 2.85. The summed E-state index contributed by atoms with van der Waals surface area (Å²) < 4.78 is 18.4. The Bertz CT molecular complexity index is 594. The summed E-state index contributed by atoms with van der Waals surface area (Å²) in [7, 11) is 0. The van der Waals surface area contributed by atoms with E-state index >= 15 is 0 Å². The fourth-order valence-electron chi connectivity index (χ4n) is 1.39. The molecule has 6 heteroatoms. The monoisotopic (exact) mass is 255 g/mol. The zero-order valence-electron chi connectivity index (χ0n) is 8.70. The molecular weight excluding hydrogens is 249 g/mol. The first-order valence-electron chi connectivity index (χ1n) is 4.65. The Labute approximate surface area is 101 Å². The smallest absolute Gasteiger partial charge is 0.374 e. The Morgan fingerprint density at radius 2 is 2.24 bits per heavy atom. The van der Waals surface area contributed by atoms with Crippen LogP contribution in [0.2, 0.25) is 5.02 Å². The maximum atomic E-state index is 13.8. The Morgan fingerprint density at radius 3 is 2.82 bits per heavy atom. The zero-order valence-corrected chi connectivity index (χ0v) is 9.45. The first-order valence-corrected chi connectivity index (χ1v) is 5.03. The summed E-state index contributed by atoms with van der Waals surface area (Å²) in [5.74, 6) is -2.17. The number of carbonyl (C=O) groups is 1. The largest absolute Gasteiger partial charge is 0.475 e. The Morgan fingerprint density at radius 1 is 1.53 bits per heavy atom. The third-order valence-corrected chi connectivity index (χ3v) is 2.58. The lowest BCUT2D eigenvalue weighted by atomic mass is 10.1. The Hall–Kier alpha value is -1.88. The number of benzene rings is 1. The zero-order chi connectivity index (χ0) is 12.6. The van der Waals surface area contributed by atoms with Crippen LogP contribution < -0.4 is 0 Å². The van der Waals surface area contributed by atoms with Gasteiger partial charge in [-0.1, -0.05) is 22.8 Å². The predicted octanol–water partition coefficient (Wildman–Crippen LogP) is 3.14. The average Bonchev–Trinajstić information content (AvgIpc) is 2.73. The molecule has 0 radical (unpaired) electrons. The van der Waals surface area contributed by atoms with E-state index < -0.39 is 11.8 Å². The summed E-state index contributed by atoms with van der Waals surface area (Å²) in [6.45, 7) is 1.58. The van der Waals surface area contributed by atoms with Gasteiger partial charge in [0.1, 0.15) is 11.5 Å². The van der Waals surface area contributed by atoms with E-state index in [0.717, 1.165) is 6.07 Å². The number of carboxylic acid groups (broad SMARTS) is 1. The first kappa shape index (κ1) is 11.6. The SMILES string of the molecule is Cc1ccc(Cl)c(-c2cc(C(=O)O)on2)c1F. The van der Waals surface area contributed by atoms with Crippen LogP contribution in [0.4, 0.5) is 4.39 Å². The van der Waals surface area contributed by atoms with Gasteiger partial charge in [0.2, 0.25) is 5.76 Å². The van der Waals surface area contributed by atoms with Gasteiger partial charge in [0.05, 0.1) is 10.6 Å². The highest BCUT2D eigenvalue weighted by atomic mass is 35.5. The molecule has 4 nitrogen and oxygen atoms in total. The molecule has 1 heterocycles. The molecule has 0 aliphatic heterocycles. The van der Waals surface area contributed by atoms with Crippen LogP contribution >= 0.6 is 11.6 Å². The van der Waals surface area contributed by atoms with E-state index in [4.69, 9.17) is 16.7 Å². The molecule has 1 aromatic carbocycles. The lowest BCUT2D eigenvalue weighted by molar-refractivity contribution is 0.0652. The number of nitrogens with zero attached hydrogens (tertiary/aromatic N) is 1. The van der Waals surface area contributed by atoms with E-state index in [1.165, 1.54) is 12.1 Å². The van der Waals surface area contributed by atoms with E-state index in [1.807, 2.05) is 0 Å². The van der Waals surface area contributed by atoms with Crippen molar-refractivity contribution >= 4 is 17.6 Å². The molecule has 17 heavy (non-hydrogen) atoms. The molecule has 0 unspecified atom stereocenters. The highest BCUT2D eigenvalue weighted by molar-refractivity contribution is 6.33. The van der Waals surface area contributed by atoms with Gasteiger partial charge in [0, 0.05) is 6.07 Å². The minimum Gasteiger partial charge on any atom is -0.475 e. The van der Waals surface area contributed by atoms with Crippen LogP contribution in [0.5, 0.6) is 0 Å². The van der Waals surface area contributed by atoms with Gasteiger partial charge in [-0.25, -0.2) is 9.18 Å². The van der Waals surface area contributed by atoms with Gasteiger partial charge in [-0.2, -0.15) is 0 Å². The molecule has 0 saturated carbocycles. The van der Waals surface area contributed by atoms with Crippen LogP contribution in [0.15, 0.2) is 22.7 Å². The number of hydrogen-bond donors (Lipinski definition) is 1. The number of carboxylic acids is 1. The number of rotatable bonds is 2. The summed E-state index contributed by atoms with van der Waals surface area (Å²) in [6, 6.07) is 4.18. The number of aromatic nitrogens is 1. The van der Waals surface area contributed by atoms with Crippen LogP contribution in [0.25, 0.3) is 11.3 Å². The van der Waals surface area contributed by atoms with Crippen LogP contribution in [-0.2, 0) is 0 Å². The molecule has 1 N–H and O–H groups in total. The van der Waals surface area contributed by atoms with Gasteiger partial charge in [-0.3, -0.25) is 0 Å². The second-order valence-corrected chi connectivity index (χ2v) is 3.84. The molecule has 0 spiro atoms. The molecule has 0 aliphatic rings. The Balaban J connectivity index is 2.60. The molecule has 0 amide bonds. The summed E-state index contributed by atoms with van der Waals surface area (Å²) in [5, 5.41) is 12.3. The summed E-state index contributed by atoms with van der Waals surface area (Å²) in [4.78, 5) is 10.6. The molecular formula is C11H7ClFNO3. The van der Waals surface area contributed by atoms with Crippen LogP contribution in [0.1, 0.15) is 16.1 Å². The molecule has 1 aromatic heterocycles. The van der Waals surface area contributed by atoms with Gasteiger partial charge < -0.3 is 9.63 Å². The molecule has 0 saturated heterocycles. The van der Waals surface area contributed by atoms with E-state index in [0.29, 0.717) is 5.56 Å². The fourth-order valence-corrected chi connectivity index (χ4v) is 1.63.